The van der Waals surface area contributed by atoms with Gasteiger partial charge in [-0.25, -0.2) is 0 Å². The minimum absolute atomic E-state index is 0.665. The lowest BCUT2D eigenvalue weighted by Gasteiger charge is -2.40. The van der Waals surface area contributed by atoms with E-state index in [0.29, 0.717) is 0 Å². The molecule has 12 aromatic rings. The maximum absolute atomic E-state index is 2.51. The van der Waals surface area contributed by atoms with Gasteiger partial charge in [0.15, 0.2) is 0 Å². The third-order valence-electron chi connectivity index (χ3n) is 15.5. The van der Waals surface area contributed by atoms with Crippen LogP contribution in [0.2, 0.25) is 0 Å². The van der Waals surface area contributed by atoms with Crippen LogP contribution in [0.25, 0.3) is 66.8 Å². The molecular formula is C73H50N2. The second-order valence-corrected chi connectivity index (χ2v) is 19.6. The predicted molar refractivity (Wildman–Crippen MR) is 314 cm³/mol. The molecule has 0 radical (unpaired) electrons. The summed E-state index contributed by atoms with van der Waals surface area (Å²) >= 11 is 0. The van der Waals surface area contributed by atoms with Crippen molar-refractivity contribution in [3.05, 3.63) is 326 Å². The van der Waals surface area contributed by atoms with Gasteiger partial charge in [0.25, 0.3) is 0 Å². The van der Waals surface area contributed by atoms with E-state index >= 15 is 0 Å². The van der Waals surface area contributed by atoms with E-state index in [1.165, 1.54) is 77.9 Å². The second-order valence-electron chi connectivity index (χ2n) is 19.6. The van der Waals surface area contributed by atoms with Crippen LogP contribution < -0.4 is 9.80 Å². The van der Waals surface area contributed by atoms with Crippen molar-refractivity contribution in [1.29, 1.82) is 0 Å². The van der Waals surface area contributed by atoms with Gasteiger partial charge in [-0.2, -0.15) is 0 Å². The second kappa shape index (κ2) is 18.4. The molecular weight excluding hydrogens is 905 g/mol. The molecule has 12 aromatic carbocycles. The van der Waals surface area contributed by atoms with Gasteiger partial charge in [0.1, 0.15) is 0 Å². The van der Waals surface area contributed by atoms with E-state index in [9.17, 15) is 0 Å². The van der Waals surface area contributed by atoms with Gasteiger partial charge in [-0.3, -0.25) is 0 Å². The van der Waals surface area contributed by atoms with Crippen molar-refractivity contribution in [2.75, 3.05) is 9.80 Å². The number of hydrogen-bond donors (Lipinski definition) is 0. The number of anilines is 6. The van der Waals surface area contributed by atoms with Gasteiger partial charge in [-0.05, 0) is 144 Å². The summed E-state index contributed by atoms with van der Waals surface area (Å²) in [4.78, 5) is 4.89. The monoisotopic (exact) mass is 954 g/mol. The van der Waals surface area contributed by atoms with Crippen molar-refractivity contribution < 1.29 is 0 Å². The Morgan fingerprint density at radius 2 is 0.613 bits per heavy atom. The summed E-state index contributed by atoms with van der Waals surface area (Å²) in [5.74, 6) is 0. The molecule has 2 aliphatic rings. The Morgan fingerprint density at radius 1 is 0.213 bits per heavy atom. The van der Waals surface area contributed by atoms with Crippen molar-refractivity contribution in [1.82, 2.24) is 0 Å². The maximum atomic E-state index is 2.51. The van der Waals surface area contributed by atoms with E-state index in [1.807, 2.05) is 0 Å². The minimum atomic E-state index is -0.665. The molecule has 0 saturated heterocycles. The van der Waals surface area contributed by atoms with E-state index in [1.54, 1.807) is 0 Å². The summed E-state index contributed by atoms with van der Waals surface area (Å²) in [6.07, 6.45) is 0. The van der Waals surface area contributed by atoms with Gasteiger partial charge < -0.3 is 9.80 Å². The van der Waals surface area contributed by atoms with Crippen LogP contribution in [-0.2, 0) is 5.41 Å². The number of benzene rings is 12. The van der Waals surface area contributed by atoms with Gasteiger partial charge in [0.05, 0.1) is 28.2 Å². The first-order valence-corrected chi connectivity index (χ1v) is 25.9. The maximum Gasteiger partial charge on any atom is 0.0719 e. The number of nitrogens with zero attached hydrogens (tertiary/aromatic N) is 2. The summed E-state index contributed by atoms with van der Waals surface area (Å²) in [7, 11) is 0. The lowest BCUT2D eigenvalue weighted by molar-refractivity contribution is 0.771. The fraction of sp³-hybridized carbons (Fsp3) is 0.0137. The lowest BCUT2D eigenvalue weighted by atomic mass is 9.65. The van der Waals surface area contributed by atoms with E-state index in [2.05, 4.69) is 313 Å². The summed E-state index contributed by atoms with van der Waals surface area (Å²) in [5.41, 5.74) is 25.4. The van der Waals surface area contributed by atoms with Crippen molar-refractivity contribution in [2.24, 2.45) is 0 Å². The Kier molecular flexibility index (Phi) is 10.8. The molecule has 352 valence electrons. The average Bonchev–Trinajstić information content (AvgIpc) is 3.89. The van der Waals surface area contributed by atoms with E-state index < -0.39 is 5.41 Å². The number of fused-ring (bicyclic) bond motifs is 5. The summed E-state index contributed by atoms with van der Waals surface area (Å²) in [5, 5.41) is 0. The summed E-state index contributed by atoms with van der Waals surface area (Å²) in [6.45, 7) is 0. The first-order valence-electron chi connectivity index (χ1n) is 25.9. The molecule has 1 aliphatic carbocycles. The molecule has 0 spiro atoms. The Hall–Kier alpha value is -9.76. The third-order valence-corrected chi connectivity index (χ3v) is 15.5. The molecule has 14 rings (SSSR count). The van der Waals surface area contributed by atoms with Crippen LogP contribution in [0.15, 0.2) is 303 Å². The van der Waals surface area contributed by atoms with Gasteiger partial charge in [-0.15, -0.1) is 0 Å². The molecule has 0 fully saturated rings. The van der Waals surface area contributed by atoms with Crippen LogP contribution in [0.1, 0.15) is 22.3 Å². The van der Waals surface area contributed by atoms with Crippen LogP contribution in [0.5, 0.6) is 0 Å². The van der Waals surface area contributed by atoms with Crippen LogP contribution >= 0.6 is 0 Å². The number of para-hydroxylation sites is 2. The van der Waals surface area contributed by atoms with Crippen LogP contribution in [0, 0.1) is 0 Å². The molecule has 0 bridgehead atoms. The van der Waals surface area contributed by atoms with Crippen molar-refractivity contribution in [3.8, 4) is 66.8 Å². The first-order chi connectivity index (χ1) is 37.2. The number of rotatable bonds is 9. The van der Waals surface area contributed by atoms with Gasteiger partial charge >= 0.3 is 0 Å². The van der Waals surface area contributed by atoms with Gasteiger partial charge in [0, 0.05) is 11.4 Å². The van der Waals surface area contributed by atoms with Gasteiger partial charge in [-0.1, -0.05) is 249 Å². The standard InChI is InChI=1S/C73H50N2/c1-6-21-51(22-7-1)53-37-43-60(44-38-53)74-68-35-18-19-36-69(68)75(61-45-39-54(40-46-61)52-23-8-2-9-24-52)71-50-58(42-48-70(71)74)57-41-47-64-67(49-57)73(59-29-14-5-15-30-59,65-33-17-16-31-62(65)55-25-10-3-11-26-55)66-34-20-32-63(72(64)66)56-27-12-4-13-28-56/h1-50H. The normalized spacial score (nSPS) is 14.1. The zero-order valence-electron chi connectivity index (χ0n) is 41.3. The fourth-order valence-electron chi connectivity index (χ4n) is 12.1. The first kappa shape index (κ1) is 44.0. The average molecular weight is 955 g/mol. The number of hydrogen-bond acceptors (Lipinski definition) is 2. The zero-order valence-corrected chi connectivity index (χ0v) is 41.3. The summed E-state index contributed by atoms with van der Waals surface area (Å²) in [6, 6.07) is 112. The molecule has 1 aliphatic heterocycles. The highest BCUT2D eigenvalue weighted by molar-refractivity contribution is 6.04. The quantitative estimate of drug-likeness (QED) is 0.142. The topological polar surface area (TPSA) is 6.48 Å². The van der Waals surface area contributed by atoms with Gasteiger partial charge in [0.2, 0.25) is 0 Å². The molecule has 75 heavy (non-hydrogen) atoms. The molecule has 0 aromatic heterocycles. The predicted octanol–water partition coefficient (Wildman–Crippen LogP) is 19.6. The van der Waals surface area contributed by atoms with Crippen LogP contribution in [0.4, 0.5) is 34.1 Å². The molecule has 0 saturated carbocycles. The Balaban J connectivity index is 0.999. The van der Waals surface area contributed by atoms with Crippen LogP contribution in [-0.4, -0.2) is 0 Å². The summed E-state index contributed by atoms with van der Waals surface area (Å²) < 4.78 is 0. The Labute approximate surface area is 439 Å². The molecule has 0 amide bonds. The minimum Gasteiger partial charge on any atom is -0.306 e. The molecule has 2 nitrogen and oxygen atoms in total. The van der Waals surface area contributed by atoms with Crippen molar-refractivity contribution in [3.63, 3.8) is 0 Å². The zero-order chi connectivity index (χ0) is 49.7. The lowest BCUT2D eigenvalue weighted by Crippen LogP contribution is -2.29. The SMILES string of the molecule is c1ccc(-c2ccc(N3c4ccccc4N(c4ccc(-c5ccccc5)cc4)c4cc(-c5ccc6c(c5)C(c5ccccc5)(c5ccccc5-c5ccccc5)c5cccc(-c7ccccc7)c5-6)ccc43)cc2)cc1. The Bertz CT molecular complexity index is 4020. The van der Waals surface area contributed by atoms with Crippen molar-refractivity contribution in [2.45, 2.75) is 5.41 Å². The van der Waals surface area contributed by atoms with Crippen LogP contribution in [0.3, 0.4) is 0 Å². The molecule has 0 N–H and O–H groups in total. The molecule has 1 atom stereocenters. The highest BCUT2D eigenvalue weighted by Crippen LogP contribution is 2.61. The highest BCUT2D eigenvalue weighted by Gasteiger charge is 2.48. The molecule has 2 heteroatoms. The Morgan fingerprint density at radius 3 is 1.20 bits per heavy atom. The highest BCUT2D eigenvalue weighted by atomic mass is 15.3. The smallest absolute Gasteiger partial charge is 0.0719 e. The van der Waals surface area contributed by atoms with E-state index in [4.69, 9.17) is 0 Å². The van der Waals surface area contributed by atoms with E-state index in [-0.39, 0.29) is 0 Å². The third kappa shape index (κ3) is 7.33. The largest absolute Gasteiger partial charge is 0.306 e. The van der Waals surface area contributed by atoms with E-state index in [0.717, 1.165) is 45.3 Å². The molecule has 1 heterocycles. The fourth-order valence-corrected chi connectivity index (χ4v) is 12.1. The van der Waals surface area contributed by atoms with Crippen molar-refractivity contribution >= 4 is 34.1 Å². The molecule has 1 unspecified atom stereocenters.